The highest BCUT2D eigenvalue weighted by molar-refractivity contribution is 9.13. The van der Waals surface area contributed by atoms with Crippen LogP contribution in [0.5, 0.6) is 0 Å². The molecule has 132 valence electrons. The van der Waals surface area contributed by atoms with Crippen LogP contribution in [0.25, 0.3) is 0 Å². The van der Waals surface area contributed by atoms with Crippen LogP contribution in [0.15, 0.2) is 15.1 Å². The van der Waals surface area contributed by atoms with Crippen LogP contribution in [0.3, 0.4) is 0 Å². The van der Waals surface area contributed by atoms with Crippen LogP contribution in [0.1, 0.15) is 42.6 Å². The van der Waals surface area contributed by atoms with Crippen LogP contribution >= 0.6 is 31.9 Å². The molecule has 0 unspecified atom stereocenters. The number of nitrogens with one attached hydrogen (secondary N) is 3. The highest BCUT2D eigenvalue weighted by Gasteiger charge is 2.27. The minimum atomic E-state index is -0.927. The minimum absolute atomic E-state index is 0.0430. The summed E-state index contributed by atoms with van der Waals surface area (Å²) in [6, 6.07) is 1.75. The highest BCUT2D eigenvalue weighted by Crippen LogP contribution is 2.26. The van der Waals surface area contributed by atoms with E-state index < -0.39 is 5.97 Å². The lowest BCUT2D eigenvalue weighted by Crippen LogP contribution is -2.41. The zero-order valence-electron chi connectivity index (χ0n) is 12.9. The number of H-pyrrole nitrogens is 1. The third kappa shape index (κ3) is 5.34. The number of rotatable bonds is 6. The van der Waals surface area contributed by atoms with Crippen LogP contribution in [0.2, 0.25) is 0 Å². The molecule has 0 radical (unpaired) electrons. The van der Waals surface area contributed by atoms with Gasteiger partial charge in [0.2, 0.25) is 5.91 Å². The van der Waals surface area contributed by atoms with E-state index in [0.717, 1.165) is 21.9 Å². The van der Waals surface area contributed by atoms with Crippen molar-refractivity contribution in [1.29, 1.82) is 0 Å². The number of hydrogen-bond acceptors (Lipinski definition) is 3. The van der Waals surface area contributed by atoms with E-state index in [1.165, 1.54) is 0 Å². The van der Waals surface area contributed by atoms with Crippen molar-refractivity contribution >= 4 is 49.6 Å². The molecule has 2 amide bonds. The summed E-state index contributed by atoms with van der Waals surface area (Å²) in [5.74, 6) is -1.31. The average Bonchev–Trinajstić information content (AvgIpc) is 2.87. The predicted octanol–water partition coefficient (Wildman–Crippen LogP) is 2.42. The molecule has 1 aliphatic carbocycles. The smallest absolute Gasteiger partial charge is 0.305 e. The molecule has 0 atom stereocenters. The van der Waals surface area contributed by atoms with Gasteiger partial charge < -0.3 is 20.7 Å². The highest BCUT2D eigenvalue weighted by atomic mass is 79.9. The molecule has 1 heterocycles. The number of carbonyl (C=O) groups excluding carboxylic acids is 2. The van der Waals surface area contributed by atoms with Gasteiger partial charge in [-0.3, -0.25) is 14.4 Å². The Morgan fingerprint density at radius 1 is 1.21 bits per heavy atom. The largest absolute Gasteiger partial charge is 0.481 e. The second-order valence-electron chi connectivity index (χ2n) is 5.80. The Balaban J connectivity index is 1.75. The van der Waals surface area contributed by atoms with Crippen molar-refractivity contribution in [1.82, 2.24) is 15.6 Å². The fourth-order valence-corrected chi connectivity index (χ4v) is 3.38. The van der Waals surface area contributed by atoms with Gasteiger partial charge in [0.15, 0.2) is 0 Å². The number of amides is 2. The van der Waals surface area contributed by atoms with Gasteiger partial charge in [-0.1, -0.05) is 0 Å². The standard InChI is InChI=1S/C15H19Br2N3O4/c16-10-7-11(20-13(10)17)15(24)19-9-3-1-8(2-4-9)14(23)18-6-5-12(21)22/h7-9,20H,1-6H2,(H,18,23)(H,19,24)(H,21,22). The van der Waals surface area contributed by atoms with E-state index in [1.807, 2.05) is 0 Å². The fraction of sp³-hybridized carbons (Fsp3) is 0.533. The van der Waals surface area contributed by atoms with Crippen molar-refractivity contribution in [2.45, 2.75) is 38.1 Å². The number of carboxylic acids is 1. The number of aromatic amines is 1. The van der Waals surface area contributed by atoms with E-state index >= 15 is 0 Å². The summed E-state index contributed by atoms with van der Waals surface area (Å²) in [5.41, 5.74) is 0.474. The molecule has 0 saturated heterocycles. The number of hydrogen-bond donors (Lipinski definition) is 4. The van der Waals surface area contributed by atoms with Gasteiger partial charge in [0.25, 0.3) is 5.91 Å². The molecule has 1 aromatic rings. The molecule has 1 fully saturated rings. The molecule has 7 nitrogen and oxygen atoms in total. The molecule has 0 bridgehead atoms. The number of aliphatic carboxylic acids is 1. The van der Waals surface area contributed by atoms with Crippen LogP contribution in [0, 0.1) is 5.92 Å². The van der Waals surface area contributed by atoms with Crippen LogP contribution in [-0.4, -0.2) is 40.5 Å². The van der Waals surface area contributed by atoms with E-state index in [9.17, 15) is 14.4 Å². The predicted molar refractivity (Wildman–Crippen MR) is 94.7 cm³/mol. The number of carboxylic acid groups (broad SMARTS) is 1. The monoisotopic (exact) mass is 463 g/mol. The molecular formula is C15H19Br2N3O4. The quantitative estimate of drug-likeness (QED) is 0.517. The summed E-state index contributed by atoms with van der Waals surface area (Å²) >= 11 is 6.62. The molecule has 1 aliphatic rings. The summed E-state index contributed by atoms with van der Waals surface area (Å²) < 4.78 is 1.50. The maximum Gasteiger partial charge on any atom is 0.305 e. The molecule has 1 saturated carbocycles. The normalized spacial score (nSPS) is 20.4. The van der Waals surface area contributed by atoms with Gasteiger partial charge in [-0.05, 0) is 63.6 Å². The Morgan fingerprint density at radius 2 is 1.88 bits per heavy atom. The molecule has 0 aliphatic heterocycles. The first-order valence-electron chi connectivity index (χ1n) is 7.71. The second-order valence-corrected chi connectivity index (χ2v) is 7.45. The lowest BCUT2D eigenvalue weighted by molar-refractivity contribution is -0.137. The molecule has 4 N–H and O–H groups in total. The summed E-state index contributed by atoms with van der Waals surface area (Å²) in [5, 5.41) is 14.2. The van der Waals surface area contributed by atoms with E-state index in [0.29, 0.717) is 18.5 Å². The fourth-order valence-electron chi connectivity index (χ4n) is 2.73. The van der Waals surface area contributed by atoms with Gasteiger partial charge in [0.1, 0.15) is 5.69 Å². The Bertz CT molecular complexity index is 605. The second kappa shape index (κ2) is 8.66. The SMILES string of the molecule is O=C(O)CCNC(=O)C1CCC(NC(=O)c2cc(Br)c(Br)[nH]2)CC1. The van der Waals surface area contributed by atoms with E-state index in [-0.39, 0.29) is 36.7 Å². The average molecular weight is 465 g/mol. The van der Waals surface area contributed by atoms with Gasteiger partial charge in [0, 0.05) is 18.5 Å². The summed E-state index contributed by atoms with van der Waals surface area (Å²) in [6.45, 7) is 0.154. The molecule has 2 rings (SSSR count). The zero-order chi connectivity index (χ0) is 17.7. The Labute approximate surface area is 156 Å². The number of carbonyl (C=O) groups is 3. The summed E-state index contributed by atoms with van der Waals surface area (Å²) in [6.07, 6.45) is 2.75. The van der Waals surface area contributed by atoms with Crippen LogP contribution in [0.4, 0.5) is 0 Å². The van der Waals surface area contributed by atoms with Gasteiger partial charge in [-0.15, -0.1) is 0 Å². The van der Waals surface area contributed by atoms with Crippen molar-refractivity contribution in [3.63, 3.8) is 0 Å². The lowest BCUT2D eigenvalue weighted by Gasteiger charge is -2.28. The third-order valence-electron chi connectivity index (χ3n) is 4.04. The van der Waals surface area contributed by atoms with E-state index in [4.69, 9.17) is 5.11 Å². The molecule has 0 spiro atoms. The summed E-state index contributed by atoms with van der Waals surface area (Å²) in [7, 11) is 0. The first kappa shape index (κ1) is 19.0. The van der Waals surface area contributed by atoms with Gasteiger partial charge in [-0.25, -0.2) is 0 Å². The van der Waals surface area contributed by atoms with E-state index in [1.54, 1.807) is 6.07 Å². The Morgan fingerprint density at radius 3 is 2.42 bits per heavy atom. The third-order valence-corrected chi connectivity index (χ3v) is 5.82. The molecular weight excluding hydrogens is 446 g/mol. The van der Waals surface area contributed by atoms with E-state index in [2.05, 4.69) is 47.5 Å². The van der Waals surface area contributed by atoms with Crippen molar-refractivity contribution in [2.24, 2.45) is 5.92 Å². The van der Waals surface area contributed by atoms with Crippen molar-refractivity contribution in [3.8, 4) is 0 Å². The zero-order valence-corrected chi connectivity index (χ0v) is 16.1. The maximum absolute atomic E-state index is 12.2. The van der Waals surface area contributed by atoms with Crippen molar-refractivity contribution < 1.29 is 19.5 Å². The molecule has 1 aromatic heterocycles. The maximum atomic E-state index is 12.2. The van der Waals surface area contributed by atoms with Gasteiger partial charge >= 0.3 is 5.97 Å². The Kier molecular flexibility index (Phi) is 6.85. The van der Waals surface area contributed by atoms with Gasteiger partial charge in [-0.2, -0.15) is 0 Å². The number of halogens is 2. The molecule has 0 aromatic carbocycles. The van der Waals surface area contributed by atoms with Crippen molar-refractivity contribution in [2.75, 3.05) is 6.54 Å². The molecule has 24 heavy (non-hydrogen) atoms. The topological polar surface area (TPSA) is 111 Å². The first-order chi connectivity index (χ1) is 11.4. The van der Waals surface area contributed by atoms with Gasteiger partial charge in [0.05, 0.1) is 15.5 Å². The van der Waals surface area contributed by atoms with Crippen molar-refractivity contribution in [3.05, 3.63) is 20.8 Å². The summed E-state index contributed by atoms with van der Waals surface area (Å²) in [4.78, 5) is 37.5. The minimum Gasteiger partial charge on any atom is -0.481 e. The van der Waals surface area contributed by atoms with Crippen LogP contribution < -0.4 is 10.6 Å². The van der Waals surface area contributed by atoms with Crippen LogP contribution in [-0.2, 0) is 9.59 Å². The first-order valence-corrected chi connectivity index (χ1v) is 9.29. The Hall–Kier alpha value is -1.35. The number of aromatic nitrogens is 1. The molecule has 9 heteroatoms. The lowest BCUT2D eigenvalue weighted by atomic mass is 9.85.